The van der Waals surface area contributed by atoms with Gasteiger partial charge < -0.3 is 10.1 Å². The van der Waals surface area contributed by atoms with Crippen LogP contribution >= 0.6 is 11.3 Å². The fourth-order valence-electron chi connectivity index (χ4n) is 2.87. The SMILES string of the molecule is CC(CNC(=O)c1ccncc1)Oc1cccc(CN(C)Cc2cccs2)c1. The van der Waals surface area contributed by atoms with Gasteiger partial charge in [0.1, 0.15) is 11.9 Å². The third kappa shape index (κ3) is 6.18. The van der Waals surface area contributed by atoms with Crippen LogP contribution in [0.25, 0.3) is 0 Å². The van der Waals surface area contributed by atoms with Crippen LogP contribution in [0.2, 0.25) is 0 Å². The van der Waals surface area contributed by atoms with Crippen LogP contribution in [0.1, 0.15) is 27.7 Å². The van der Waals surface area contributed by atoms with Gasteiger partial charge in [0, 0.05) is 35.9 Å². The second kappa shape index (κ2) is 10.0. The van der Waals surface area contributed by atoms with Gasteiger partial charge in [-0.2, -0.15) is 0 Å². The van der Waals surface area contributed by atoms with E-state index in [-0.39, 0.29) is 12.0 Å². The van der Waals surface area contributed by atoms with Gasteiger partial charge in [0.2, 0.25) is 0 Å². The van der Waals surface area contributed by atoms with Crippen molar-refractivity contribution in [2.75, 3.05) is 13.6 Å². The number of hydrogen-bond donors (Lipinski definition) is 1. The third-order valence-corrected chi connectivity index (χ3v) is 5.05. The number of nitrogens with one attached hydrogen (secondary N) is 1. The van der Waals surface area contributed by atoms with E-state index in [2.05, 4.69) is 51.9 Å². The number of aromatic nitrogens is 1. The van der Waals surface area contributed by atoms with Gasteiger partial charge in [-0.3, -0.25) is 14.7 Å². The highest BCUT2D eigenvalue weighted by atomic mass is 32.1. The summed E-state index contributed by atoms with van der Waals surface area (Å²) in [4.78, 5) is 19.7. The molecule has 0 aliphatic rings. The molecule has 2 heterocycles. The summed E-state index contributed by atoms with van der Waals surface area (Å²) in [6.07, 6.45) is 3.08. The van der Waals surface area contributed by atoms with E-state index in [9.17, 15) is 4.79 Å². The maximum absolute atomic E-state index is 12.1. The molecular formula is C22H25N3O2S. The molecule has 0 aliphatic carbocycles. The highest BCUT2D eigenvalue weighted by Gasteiger charge is 2.10. The van der Waals surface area contributed by atoms with Crippen LogP contribution in [-0.4, -0.2) is 35.5 Å². The summed E-state index contributed by atoms with van der Waals surface area (Å²) in [6, 6.07) is 15.7. The minimum absolute atomic E-state index is 0.123. The molecule has 1 aromatic carbocycles. The number of carbonyl (C=O) groups excluding carboxylic acids is 1. The lowest BCUT2D eigenvalue weighted by molar-refractivity contribution is 0.0932. The van der Waals surface area contributed by atoms with Crippen molar-refractivity contribution in [3.05, 3.63) is 82.3 Å². The smallest absolute Gasteiger partial charge is 0.251 e. The third-order valence-electron chi connectivity index (χ3n) is 4.19. The summed E-state index contributed by atoms with van der Waals surface area (Å²) < 4.78 is 5.99. The van der Waals surface area contributed by atoms with Crippen LogP contribution in [0.4, 0.5) is 0 Å². The number of pyridine rings is 1. The Bertz CT molecular complexity index is 869. The Morgan fingerprint density at radius 1 is 1.18 bits per heavy atom. The maximum atomic E-state index is 12.1. The zero-order valence-electron chi connectivity index (χ0n) is 16.2. The van der Waals surface area contributed by atoms with Crippen LogP contribution in [0, 0.1) is 0 Å². The van der Waals surface area contributed by atoms with Gasteiger partial charge >= 0.3 is 0 Å². The van der Waals surface area contributed by atoms with E-state index in [4.69, 9.17) is 4.74 Å². The van der Waals surface area contributed by atoms with Gasteiger partial charge in [0.15, 0.2) is 0 Å². The molecule has 0 saturated heterocycles. The van der Waals surface area contributed by atoms with Crippen molar-refractivity contribution in [1.29, 1.82) is 0 Å². The summed E-state index contributed by atoms with van der Waals surface area (Å²) in [5, 5.41) is 5.00. The molecule has 0 saturated carbocycles. The summed E-state index contributed by atoms with van der Waals surface area (Å²) in [7, 11) is 2.12. The fraction of sp³-hybridized carbons (Fsp3) is 0.273. The number of nitrogens with zero attached hydrogens (tertiary/aromatic N) is 2. The Labute approximate surface area is 170 Å². The average Bonchev–Trinajstić information content (AvgIpc) is 3.20. The first-order chi connectivity index (χ1) is 13.6. The van der Waals surface area contributed by atoms with Gasteiger partial charge in [-0.15, -0.1) is 11.3 Å². The van der Waals surface area contributed by atoms with Crippen molar-refractivity contribution in [3.63, 3.8) is 0 Å². The molecular weight excluding hydrogens is 370 g/mol. The Morgan fingerprint density at radius 2 is 2.00 bits per heavy atom. The predicted octanol–water partition coefficient (Wildman–Crippen LogP) is 3.97. The Morgan fingerprint density at radius 3 is 2.75 bits per heavy atom. The lowest BCUT2D eigenvalue weighted by Crippen LogP contribution is -2.33. The Balaban J connectivity index is 1.48. The number of thiophene rings is 1. The van der Waals surface area contributed by atoms with Gasteiger partial charge in [0.25, 0.3) is 5.91 Å². The molecule has 146 valence electrons. The molecule has 0 fully saturated rings. The van der Waals surface area contributed by atoms with Gasteiger partial charge in [0.05, 0.1) is 6.54 Å². The number of ether oxygens (including phenoxy) is 1. The van der Waals surface area contributed by atoms with Crippen molar-refractivity contribution in [2.45, 2.75) is 26.1 Å². The van der Waals surface area contributed by atoms with E-state index in [0.717, 1.165) is 18.8 Å². The van der Waals surface area contributed by atoms with Gasteiger partial charge in [-0.25, -0.2) is 0 Å². The van der Waals surface area contributed by atoms with Crippen molar-refractivity contribution in [2.24, 2.45) is 0 Å². The summed E-state index contributed by atoms with van der Waals surface area (Å²) in [5.41, 5.74) is 1.79. The normalized spacial score (nSPS) is 12.0. The summed E-state index contributed by atoms with van der Waals surface area (Å²) >= 11 is 1.78. The first-order valence-electron chi connectivity index (χ1n) is 9.25. The summed E-state index contributed by atoms with van der Waals surface area (Å²) in [5.74, 6) is 0.689. The second-order valence-corrected chi connectivity index (χ2v) is 7.81. The number of carbonyl (C=O) groups is 1. The van der Waals surface area contributed by atoms with Crippen LogP contribution in [0.3, 0.4) is 0 Å². The minimum atomic E-state index is -0.134. The van der Waals surface area contributed by atoms with Crippen LogP contribution < -0.4 is 10.1 Å². The number of rotatable bonds is 9. The minimum Gasteiger partial charge on any atom is -0.489 e. The Kier molecular flexibility index (Phi) is 7.17. The van der Waals surface area contributed by atoms with E-state index in [0.29, 0.717) is 12.1 Å². The van der Waals surface area contributed by atoms with Gasteiger partial charge in [-0.1, -0.05) is 18.2 Å². The number of amides is 1. The van der Waals surface area contributed by atoms with Crippen LogP contribution in [-0.2, 0) is 13.1 Å². The topological polar surface area (TPSA) is 54.5 Å². The van der Waals surface area contributed by atoms with Gasteiger partial charge in [-0.05, 0) is 55.2 Å². The van der Waals surface area contributed by atoms with Crippen LogP contribution in [0.15, 0.2) is 66.3 Å². The molecule has 1 unspecified atom stereocenters. The fourth-order valence-corrected chi connectivity index (χ4v) is 3.65. The first-order valence-corrected chi connectivity index (χ1v) is 10.1. The lowest BCUT2D eigenvalue weighted by Gasteiger charge is -2.18. The quantitative estimate of drug-likeness (QED) is 0.596. The molecule has 0 spiro atoms. The average molecular weight is 396 g/mol. The molecule has 3 rings (SSSR count). The van der Waals surface area contributed by atoms with Crippen molar-refractivity contribution < 1.29 is 9.53 Å². The molecule has 0 bridgehead atoms. The highest BCUT2D eigenvalue weighted by Crippen LogP contribution is 2.18. The molecule has 1 atom stereocenters. The van der Waals surface area contributed by atoms with E-state index < -0.39 is 0 Å². The van der Waals surface area contributed by atoms with E-state index in [1.165, 1.54) is 10.4 Å². The van der Waals surface area contributed by atoms with E-state index >= 15 is 0 Å². The van der Waals surface area contributed by atoms with Crippen molar-refractivity contribution >= 4 is 17.2 Å². The zero-order valence-corrected chi connectivity index (χ0v) is 17.0. The molecule has 28 heavy (non-hydrogen) atoms. The van der Waals surface area contributed by atoms with Crippen molar-refractivity contribution in [1.82, 2.24) is 15.2 Å². The molecule has 1 amide bonds. The summed E-state index contributed by atoms with van der Waals surface area (Å²) in [6.45, 7) is 4.16. The second-order valence-electron chi connectivity index (χ2n) is 6.77. The van der Waals surface area contributed by atoms with Crippen LogP contribution in [0.5, 0.6) is 5.75 Å². The molecule has 5 nitrogen and oxygen atoms in total. The standard InChI is InChI=1S/C22H25N3O2S/c1-17(14-24-22(26)19-8-10-23-11-9-19)27-20-6-3-5-18(13-20)15-25(2)16-21-7-4-12-28-21/h3-13,17H,14-16H2,1-2H3,(H,24,26). The first kappa shape index (κ1) is 20.0. The lowest BCUT2D eigenvalue weighted by atomic mass is 10.2. The monoisotopic (exact) mass is 395 g/mol. The van der Waals surface area contributed by atoms with Crippen molar-refractivity contribution in [3.8, 4) is 5.75 Å². The molecule has 0 radical (unpaired) electrons. The van der Waals surface area contributed by atoms with E-state index in [1.807, 2.05) is 19.1 Å². The number of hydrogen-bond acceptors (Lipinski definition) is 5. The predicted molar refractivity (Wildman–Crippen MR) is 113 cm³/mol. The van der Waals surface area contributed by atoms with E-state index in [1.54, 1.807) is 35.9 Å². The highest BCUT2D eigenvalue weighted by molar-refractivity contribution is 7.09. The molecule has 1 N–H and O–H groups in total. The number of benzene rings is 1. The maximum Gasteiger partial charge on any atom is 0.251 e. The largest absolute Gasteiger partial charge is 0.489 e. The molecule has 6 heteroatoms. The molecule has 0 aliphatic heterocycles. The zero-order chi connectivity index (χ0) is 19.8. The molecule has 3 aromatic rings. The molecule has 2 aromatic heterocycles. The Hall–Kier alpha value is -2.70.